The molecule has 2 aliphatic heterocycles. The first kappa shape index (κ1) is 14.3. The third-order valence-electron chi connectivity index (χ3n) is 5.15. The van der Waals surface area contributed by atoms with Crippen molar-refractivity contribution < 1.29 is 4.74 Å². The van der Waals surface area contributed by atoms with Gasteiger partial charge in [-0.25, -0.2) is 0 Å². The van der Waals surface area contributed by atoms with E-state index in [-0.39, 0.29) is 5.54 Å². The van der Waals surface area contributed by atoms with Crippen LogP contribution >= 0.6 is 0 Å². The molecule has 2 N–H and O–H groups in total. The highest BCUT2D eigenvalue weighted by atomic mass is 16.5. The third kappa shape index (κ3) is 2.89. The molecule has 0 aromatic heterocycles. The van der Waals surface area contributed by atoms with Crippen molar-refractivity contribution in [1.29, 1.82) is 0 Å². The van der Waals surface area contributed by atoms with E-state index in [2.05, 4.69) is 25.7 Å². The summed E-state index contributed by atoms with van der Waals surface area (Å²) in [6.45, 7) is 11.1. The molecule has 2 aliphatic rings. The van der Waals surface area contributed by atoms with Crippen LogP contribution < -0.4 is 5.73 Å². The van der Waals surface area contributed by atoms with Crippen LogP contribution in [0.5, 0.6) is 0 Å². The van der Waals surface area contributed by atoms with E-state index in [0.717, 1.165) is 32.4 Å². The maximum Gasteiger partial charge on any atom is 0.0590 e. The largest absolute Gasteiger partial charge is 0.378 e. The van der Waals surface area contributed by atoms with Crippen molar-refractivity contribution in [3.63, 3.8) is 0 Å². The summed E-state index contributed by atoms with van der Waals surface area (Å²) in [5, 5.41) is 0. The predicted molar refractivity (Wildman–Crippen MR) is 75.6 cm³/mol. The van der Waals surface area contributed by atoms with Gasteiger partial charge in [-0.2, -0.15) is 0 Å². The summed E-state index contributed by atoms with van der Waals surface area (Å²) < 4.78 is 5.83. The molecule has 0 aromatic rings. The van der Waals surface area contributed by atoms with E-state index >= 15 is 0 Å². The standard InChI is InChI=1S/C15H30N2O/c1-4-13-11-15(12-16,7-10-18-13)17-8-5-14(2,3)6-9-17/h13H,4-12,16H2,1-3H3. The molecule has 2 saturated heterocycles. The van der Waals surface area contributed by atoms with Gasteiger partial charge in [-0.05, 0) is 50.6 Å². The van der Waals surface area contributed by atoms with Crippen molar-refractivity contribution in [2.45, 2.75) is 64.5 Å². The lowest BCUT2D eigenvalue weighted by Gasteiger charge is -2.51. The fraction of sp³-hybridized carbons (Fsp3) is 1.00. The van der Waals surface area contributed by atoms with Crippen molar-refractivity contribution in [1.82, 2.24) is 4.90 Å². The molecule has 3 heteroatoms. The highest BCUT2D eigenvalue weighted by molar-refractivity contribution is 4.98. The minimum Gasteiger partial charge on any atom is -0.378 e. The molecule has 2 rings (SSSR count). The zero-order valence-electron chi connectivity index (χ0n) is 12.4. The van der Waals surface area contributed by atoms with Gasteiger partial charge in [0.25, 0.3) is 0 Å². The minimum absolute atomic E-state index is 0.218. The second-order valence-corrected chi connectivity index (χ2v) is 6.93. The fourth-order valence-electron chi connectivity index (χ4n) is 3.45. The molecule has 0 bridgehead atoms. The van der Waals surface area contributed by atoms with Crippen molar-refractivity contribution in [2.24, 2.45) is 11.1 Å². The molecule has 0 amide bonds. The van der Waals surface area contributed by atoms with Gasteiger partial charge >= 0.3 is 0 Å². The zero-order valence-corrected chi connectivity index (χ0v) is 12.4. The molecule has 2 unspecified atom stereocenters. The van der Waals surface area contributed by atoms with Crippen LogP contribution in [-0.2, 0) is 4.74 Å². The van der Waals surface area contributed by atoms with E-state index in [9.17, 15) is 0 Å². The van der Waals surface area contributed by atoms with Crippen molar-refractivity contribution in [3.8, 4) is 0 Å². The first-order chi connectivity index (χ1) is 8.51. The lowest BCUT2D eigenvalue weighted by atomic mass is 9.77. The molecule has 2 heterocycles. The molecular formula is C15H30N2O. The van der Waals surface area contributed by atoms with Gasteiger partial charge in [-0.3, -0.25) is 4.90 Å². The Kier molecular flexibility index (Phi) is 4.35. The van der Waals surface area contributed by atoms with Crippen LogP contribution in [0.15, 0.2) is 0 Å². The average molecular weight is 254 g/mol. The Labute approximate surface area is 112 Å². The van der Waals surface area contributed by atoms with E-state index < -0.39 is 0 Å². The van der Waals surface area contributed by atoms with Gasteiger partial charge in [0.05, 0.1) is 6.10 Å². The molecule has 3 nitrogen and oxygen atoms in total. The summed E-state index contributed by atoms with van der Waals surface area (Å²) in [4.78, 5) is 2.67. The molecular weight excluding hydrogens is 224 g/mol. The molecule has 0 spiro atoms. The number of likely N-dealkylation sites (tertiary alicyclic amines) is 1. The van der Waals surface area contributed by atoms with Crippen LogP contribution in [0.25, 0.3) is 0 Å². The Morgan fingerprint density at radius 2 is 1.89 bits per heavy atom. The first-order valence-corrected chi connectivity index (χ1v) is 7.58. The topological polar surface area (TPSA) is 38.5 Å². The summed E-state index contributed by atoms with van der Waals surface area (Å²) in [5.41, 5.74) is 6.89. The Morgan fingerprint density at radius 1 is 1.22 bits per heavy atom. The Balaban J connectivity index is 2.03. The second kappa shape index (κ2) is 5.48. The number of nitrogens with two attached hydrogens (primary N) is 1. The normalized spacial score (nSPS) is 37.7. The molecule has 0 radical (unpaired) electrons. The average Bonchev–Trinajstić information content (AvgIpc) is 2.38. The number of ether oxygens (including phenoxy) is 1. The van der Waals surface area contributed by atoms with Crippen molar-refractivity contribution in [2.75, 3.05) is 26.2 Å². The van der Waals surface area contributed by atoms with Crippen molar-refractivity contribution >= 4 is 0 Å². The number of piperidine rings is 1. The van der Waals surface area contributed by atoms with Gasteiger partial charge in [0.15, 0.2) is 0 Å². The molecule has 106 valence electrons. The molecule has 2 fully saturated rings. The Bertz CT molecular complexity index is 270. The quantitative estimate of drug-likeness (QED) is 0.840. The van der Waals surface area contributed by atoms with Crippen LogP contribution in [0.3, 0.4) is 0 Å². The van der Waals surface area contributed by atoms with Crippen LogP contribution in [-0.4, -0.2) is 42.8 Å². The SMILES string of the molecule is CCC1CC(CN)(N2CCC(C)(C)CC2)CCO1. The summed E-state index contributed by atoms with van der Waals surface area (Å²) >= 11 is 0. The van der Waals surface area contributed by atoms with Crippen LogP contribution in [0.4, 0.5) is 0 Å². The van der Waals surface area contributed by atoms with E-state index in [1.807, 2.05) is 0 Å². The van der Waals surface area contributed by atoms with Crippen LogP contribution in [0.1, 0.15) is 52.9 Å². The van der Waals surface area contributed by atoms with Gasteiger partial charge in [-0.1, -0.05) is 20.8 Å². The number of hydrogen-bond donors (Lipinski definition) is 1. The van der Waals surface area contributed by atoms with Gasteiger partial charge in [0, 0.05) is 18.7 Å². The number of hydrogen-bond acceptors (Lipinski definition) is 3. The number of rotatable bonds is 3. The summed E-state index contributed by atoms with van der Waals surface area (Å²) in [6, 6.07) is 0. The molecule has 18 heavy (non-hydrogen) atoms. The fourth-order valence-corrected chi connectivity index (χ4v) is 3.45. The third-order valence-corrected chi connectivity index (χ3v) is 5.15. The number of nitrogens with zero attached hydrogens (tertiary/aromatic N) is 1. The van der Waals surface area contributed by atoms with Crippen LogP contribution in [0.2, 0.25) is 0 Å². The van der Waals surface area contributed by atoms with Gasteiger partial charge in [0.2, 0.25) is 0 Å². The molecule has 0 aromatic carbocycles. The summed E-state index contributed by atoms with van der Waals surface area (Å²) in [5.74, 6) is 0. The second-order valence-electron chi connectivity index (χ2n) is 6.93. The van der Waals surface area contributed by atoms with Gasteiger partial charge in [-0.15, -0.1) is 0 Å². The van der Waals surface area contributed by atoms with E-state index in [1.54, 1.807) is 0 Å². The van der Waals surface area contributed by atoms with Crippen molar-refractivity contribution in [3.05, 3.63) is 0 Å². The Morgan fingerprint density at radius 3 is 2.44 bits per heavy atom. The van der Waals surface area contributed by atoms with E-state index in [1.165, 1.54) is 25.9 Å². The van der Waals surface area contributed by atoms with Crippen LogP contribution in [0, 0.1) is 5.41 Å². The minimum atomic E-state index is 0.218. The molecule has 0 aliphatic carbocycles. The maximum atomic E-state index is 6.16. The van der Waals surface area contributed by atoms with E-state index in [4.69, 9.17) is 10.5 Å². The smallest absolute Gasteiger partial charge is 0.0590 e. The zero-order chi connectivity index (χ0) is 13.2. The van der Waals surface area contributed by atoms with E-state index in [0.29, 0.717) is 11.5 Å². The predicted octanol–water partition coefficient (Wildman–Crippen LogP) is 2.39. The van der Waals surface area contributed by atoms with Gasteiger partial charge in [0.1, 0.15) is 0 Å². The lowest BCUT2D eigenvalue weighted by molar-refractivity contribution is -0.0841. The summed E-state index contributed by atoms with van der Waals surface area (Å²) in [6.07, 6.45) is 6.36. The first-order valence-electron chi connectivity index (χ1n) is 7.58. The Hall–Kier alpha value is -0.120. The van der Waals surface area contributed by atoms with Gasteiger partial charge < -0.3 is 10.5 Å². The summed E-state index contributed by atoms with van der Waals surface area (Å²) in [7, 11) is 0. The monoisotopic (exact) mass is 254 g/mol. The lowest BCUT2D eigenvalue weighted by Crippen LogP contribution is -2.60. The molecule has 2 atom stereocenters. The highest BCUT2D eigenvalue weighted by Crippen LogP contribution is 2.37. The maximum absolute atomic E-state index is 6.16. The highest BCUT2D eigenvalue weighted by Gasteiger charge is 2.42. The molecule has 0 saturated carbocycles.